The Morgan fingerprint density at radius 1 is 1.00 bits per heavy atom. The minimum atomic E-state index is -1.04. The van der Waals surface area contributed by atoms with E-state index in [0.29, 0.717) is 37.6 Å². The van der Waals surface area contributed by atoms with Gasteiger partial charge in [-0.2, -0.15) is 5.10 Å². The molecule has 0 unspecified atom stereocenters. The number of piperazine rings is 1. The Morgan fingerprint density at radius 2 is 1.74 bits per heavy atom. The standard InChI is InChI=1S/C24H24N8O3/c1-35-20-8-7-16(29-24(34)21(25)33)13-19(20)30-9-11-31(12-10-30)22-18-14-28-32(23(18)27-15-26-22)17-5-3-2-4-6-17/h2-8,13-15H,9-12H2,1H3,(H2,25,33)(H,29,34). The van der Waals surface area contributed by atoms with Crippen LogP contribution >= 0.6 is 0 Å². The summed E-state index contributed by atoms with van der Waals surface area (Å²) in [5.74, 6) is -0.396. The third-order valence-electron chi connectivity index (χ3n) is 5.93. The van der Waals surface area contributed by atoms with Gasteiger partial charge in [0.2, 0.25) is 0 Å². The fraction of sp³-hybridized carbons (Fsp3) is 0.208. The zero-order chi connectivity index (χ0) is 24.4. The van der Waals surface area contributed by atoms with Crippen molar-refractivity contribution >= 4 is 40.0 Å². The number of nitrogens with one attached hydrogen (secondary N) is 1. The predicted octanol–water partition coefficient (Wildman–Crippen LogP) is 1.57. The van der Waals surface area contributed by atoms with Crippen LogP contribution < -0.4 is 25.6 Å². The van der Waals surface area contributed by atoms with E-state index in [-0.39, 0.29) is 0 Å². The van der Waals surface area contributed by atoms with E-state index in [9.17, 15) is 9.59 Å². The third-order valence-corrected chi connectivity index (χ3v) is 5.93. The number of methoxy groups -OCH3 is 1. The molecule has 2 amide bonds. The van der Waals surface area contributed by atoms with Gasteiger partial charge in [0.1, 0.15) is 17.9 Å². The first kappa shape index (κ1) is 22.1. The van der Waals surface area contributed by atoms with Gasteiger partial charge in [-0.3, -0.25) is 9.59 Å². The number of primary amides is 1. The van der Waals surface area contributed by atoms with E-state index in [1.165, 1.54) is 0 Å². The molecule has 3 N–H and O–H groups in total. The van der Waals surface area contributed by atoms with Crippen LogP contribution in [0.1, 0.15) is 0 Å². The van der Waals surface area contributed by atoms with Gasteiger partial charge >= 0.3 is 11.8 Å². The lowest BCUT2D eigenvalue weighted by Crippen LogP contribution is -2.47. The number of benzene rings is 2. The summed E-state index contributed by atoms with van der Waals surface area (Å²) in [7, 11) is 1.60. The van der Waals surface area contributed by atoms with Crippen LogP contribution in [-0.4, -0.2) is 64.9 Å². The van der Waals surface area contributed by atoms with E-state index in [1.54, 1.807) is 37.8 Å². The number of amides is 2. The predicted molar refractivity (Wildman–Crippen MR) is 132 cm³/mol. The molecular formula is C24H24N8O3. The zero-order valence-electron chi connectivity index (χ0n) is 19.1. The molecule has 4 aromatic rings. The highest BCUT2D eigenvalue weighted by molar-refractivity contribution is 6.39. The number of fused-ring (bicyclic) bond motifs is 1. The zero-order valence-corrected chi connectivity index (χ0v) is 19.1. The van der Waals surface area contributed by atoms with Crippen LogP contribution in [0, 0.1) is 0 Å². The first-order valence-corrected chi connectivity index (χ1v) is 11.1. The molecule has 2 aromatic carbocycles. The van der Waals surface area contributed by atoms with Crippen LogP contribution in [0.3, 0.4) is 0 Å². The van der Waals surface area contributed by atoms with Gasteiger partial charge in [0.05, 0.1) is 30.1 Å². The summed E-state index contributed by atoms with van der Waals surface area (Å²) in [5, 5.41) is 7.94. The molecule has 3 heterocycles. The first-order chi connectivity index (χ1) is 17.0. The SMILES string of the molecule is COc1ccc(NC(=O)C(N)=O)cc1N1CCN(c2ncnc3c2cnn3-c2ccccc2)CC1. The summed E-state index contributed by atoms with van der Waals surface area (Å²) in [6.45, 7) is 2.82. The third kappa shape index (κ3) is 4.31. The maximum Gasteiger partial charge on any atom is 0.313 e. The Kier molecular flexibility index (Phi) is 5.88. The number of anilines is 3. The summed E-state index contributed by atoms with van der Waals surface area (Å²) in [4.78, 5) is 36.2. The van der Waals surface area contributed by atoms with E-state index in [2.05, 4.69) is 30.2 Å². The average molecular weight is 473 g/mol. The molecule has 2 aromatic heterocycles. The topological polar surface area (TPSA) is 131 Å². The highest BCUT2D eigenvalue weighted by atomic mass is 16.5. The molecular weight excluding hydrogens is 448 g/mol. The molecule has 1 saturated heterocycles. The van der Waals surface area contributed by atoms with Crippen molar-refractivity contribution in [3.8, 4) is 11.4 Å². The van der Waals surface area contributed by atoms with Crippen molar-refractivity contribution in [1.82, 2.24) is 19.7 Å². The van der Waals surface area contributed by atoms with Gasteiger partial charge in [0.15, 0.2) is 5.65 Å². The summed E-state index contributed by atoms with van der Waals surface area (Å²) in [5.41, 5.74) is 8.04. The molecule has 1 aliphatic heterocycles. The molecule has 0 atom stereocenters. The van der Waals surface area contributed by atoms with Gasteiger partial charge in [-0.25, -0.2) is 14.6 Å². The maximum atomic E-state index is 11.7. The lowest BCUT2D eigenvalue weighted by atomic mass is 10.2. The number of nitrogens with two attached hydrogens (primary N) is 1. The molecule has 11 nitrogen and oxygen atoms in total. The Balaban J connectivity index is 1.36. The van der Waals surface area contributed by atoms with E-state index < -0.39 is 11.8 Å². The largest absolute Gasteiger partial charge is 0.495 e. The smallest absolute Gasteiger partial charge is 0.313 e. The Labute approximate surface area is 201 Å². The highest BCUT2D eigenvalue weighted by Gasteiger charge is 2.24. The van der Waals surface area contributed by atoms with Crippen molar-refractivity contribution in [3.05, 3.63) is 61.1 Å². The molecule has 5 rings (SSSR count). The molecule has 35 heavy (non-hydrogen) atoms. The minimum Gasteiger partial charge on any atom is -0.495 e. The van der Waals surface area contributed by atoms with Gasteiger partial charge in [-0.1, -0.05) is 18.2 Å². The fourth-order valence-corrected chi connectivity index (χ4v) is 4.21. The Morgan fingerprint density at radius 3 is 2.46 bits per heavy atom. The van der Waals surface area contributed by atoms with Crippen molar-refractivity contribution < 1.29 is 14.3 Å². The molecule has 11 heteroatoms. The molecule has 178 valence electrons. The van der Waals surface area contributed by atoms with Crippen LogP contribution in [-0.2, 0) is 9.59 Å². The van der Waals surface area contributed by atoms with Crippen molar-refractivity contribution in [2.75, 3.05) is 48.4 Å². The molecule has 0 aliphatic carbocycles. The van der Waals surface area contributed by atoms with Crippen molar-refractivity contribution in [2.45, 2.75) is 0 Å². The Hall–Kier alpha value is -4.67. The number of rotatable bonds is 5. The molecule has 1 fully saturated rings. The lowest BCUT2D eigenvalue weighted by Gasteiger charge is -2.37. The summed E-state index contributed by atoms with van der Waals surface area (Å²) in [6, 6.07) is 15.1. The van der Waals surface area contributed by atoms with Crippen LogP contribution in [0.2, 0.25) is 0 Å². The summed E-state index contributed by atoms with van der Waals surface area (Å²) in [6.07, 6.45) is 3.37. The van der Waals surface area contributed by atoms with Crippen LogP contribution in [0.5, 0.6) is 5.75 Å². The van der Waals surface area contributed by atoms with Gasteiger partial charge < -0.3 is 25.6 Å². The van der Waals surface area contributed by atoms with E-state index in [1.807, 2.05) is 35.0 Å². The van der Waals surface area contributed by atoms with Gasteiger partial charge in [0, 0.05) is 31.9 Å². The first-order valence-electron chi connectivity index (χ1n) is 11.1. The maximum absolute atomic E-state index is 11.7. The number of nitrogens with zero attached hydrogens (tertiary/aromatic N) is 6. The average Bonchev–Trinajstić information content (AvgIpc) is 3.33. The second-order valence-corrected chi connectivity index (χ2v) is 8.01. The second-order valence-electron chi connectivity index (χ2n) is 8.01. The van der Waals surface area contributed by atoms with Gasteiger partial charge in [0.25, 0.3) is 0 Å². The summed E-state index contributed by atoms with van der Waals surface area (Å²) < 4.78 is 7.34. The van der Waals surface area contributed by atoms with Crippen molar-refractivity contribution in [3.63, 3.8) is 0 Å². The monoisotopic (exact) mass is 472 g/mol. The quantitative estimate of drug-likeness (QED) is 0.419. The van der Waals surface area contributed by atoms with Crippen molar-refractivity contribution in [2.24, 2.45) is 5.73 Å². The number of carbonyl (C=O) groups excluding carboxylic acids is 2. The number of carbonyl (C=O) groups is 2. The molecule has 0 saturated carbocycles. The lowest BCUT2D eigenvalue weighted by molar-refractivity contribution is -0.134. The summed E-state index contributed by atoms with van der Waals surface area (Å²) >= 11 is 0. The molecule has 0 bridgehead atoms. The van der Waals surface area contributed by atoms with Gasteiger partial charge in [-0.15, -0.1) is 0 Å². The number of ether oxygens (including phenoxy) is 1. The van der Waals surface area contributed by atoms with Crippen LogP contribution in [0.15, 0.2) is 61.1 Å². The van der Waals surface area contributed by atoms with E-state index >= 15 is 0 Å². The fourth-order valence-electron chi connectivity index (χ4n) is 4.21. The highest BCUT2D eigenvalue weighted by Crippen LogP contribution is 2.33. The number of para-hydroxylation sites is 1. The van der Waals surface area contributed by atoms with Crippen molar-refractivity contribution in [1.29, 1.82) is 0 Å². The van der Waals surface area contributed by atoms with E-state index in [4.69, 9.17) is 10.5 Å². The molecule has 0 radical (unpaired) electrons. The van der Waals surface area contributed by atoms with Crippen LogP contribution in [0.25, 0.3) is 16.7 Å². The second kappa shape index (κ2) is 9.29. The number of hydrogen-bond donors (Lipinski definition) is 2. The number of hydrogen-bond acceptors (Lipinski definition) is 8. The Bertz CT molecular complexity index is 1380. The normalized spacial score (nSPS) is 13.6. The minimum absolute atomic E-state index is 0.470. The number of aromatic nitrogens is 4. The van der Waals surface area contributed by atoms with Gasteiger partial charge in [-0.05, 0) is 30.3 Å². The molecule has 0 spiro atoms. The van der Waals surface area contributed by atoms with E-state index in [0.717, 1.165) is 28.2 Å². The molecule has 1 aliphatic rings. The van der Waals surface area contributed by atoms with Crippen LogP contribution in [0.4, 0.5) is 17.2 Å².